The molecule has 0 saturated carbocycles. The minimum absolute atomic E-state index is 0.347. The van der Waals surface area contributed by atoms with Crippen molar-refractivity contribution in [2.24, 2.45) is 0 Å². The highest BCUT2D eigenvalue weighted by atomic mass is 79.9. The van der Waals surface area contributed by atoms with Crippen molar-refractivity contribution in [1.29, 1.82) is 0 Å². The second-order valence-electron chi connectivity index (χ2n) is 4.09. The van der Waals surface area contributed by atoms with Crippen molar-refractivity contribution in [3.05, 3.63) is 50.3 Å². The molecule has 1 aromatic heterocycles. The smallest absolute Gasteiger partial charge is 0.169 e. The lowest BCUT2D eigenvalue weighted by molar-refractivity contribution is 0.352. The summed E-state index contributed by atoms with van der Waals surface area (Å²) in [6.45, 7) is 0.713. The average molecular weight is 392 g/mol. The molecule has 1 aliphatic heterocycles. The molecule has 2 nitrogen and oxygen atoms in total. The maximum atomic E-state index is 6.49. The van der Waals surface area contributed by atoms with Crippen LogP contribution in [0.3, 0.4) is 0 Å². The van der Waals surface area contributed by atoms with Crippen molar-refractivity contribution < 1.29 is 9.15 Å². The Morgan fingerprint density at radius 1 is 1.22 bits per heavy atom. The van der Waals surface area contributed by atoms with Gasteiger partial charge in [-0.2, -0.15) is 0 Å². The third kappa shape index (κ3) is 2.22. The number of alkyl halides is 1. The zero-order valence-corrected chi connectivity index (χ0v) is 13.2. The lowest BCUT2D eigenvalue weighted by Gasteiger charge is -2.12. The molecule has 1 unspecified atom stereocenters. The standard InChI is InChI=1S/C13H9Br2ClO2/c14-8-5-7-3-4-17-13(7)9(6-8)12(16)10-1-2-11(15)18-10/h1-2,5-6,12H,3-4H2. The molecule has 18 heavy (non-hydrogen) atoms. The summed E-state index contributed by atoms with van der Waals surface area (Å²) in [4.78, 5) is 0. The molecule has 3 rings (SSSR count). The second-order valence-corrected chi connectivity index (χ2v) is 6.22. The summed E-state index contributed by atoms with van der Waals surface area (Å²) >= 11 is 13.3. The Morgan fingerprint density at radius 2 is 2.06 bits per heavy atom. The normalized spacial score (nSPS) is 15.3. The number of ether oxygens (including phenoxy) is 1. The summed E-state index contributed by atoms with van der Waals surface area (Å²) in [7, 11) is 0. The molecule has 1 atom stereocenters. The number of hydrogen-bond acceptors (Lipinski definition) is 2. The van der Waals surface area contributed by atoms with Gasteiger partial charge in [0.2, 0.25) is 0 Å². The lowest BCUT2D eigenvalue weighted by Crippen LogP contribution is -1.96. The largest absolute Gasteiger partial charge is 0.493 e. The number of benzene rings is 1. The van der Waals surface area contributed by atoms with E-state index in [0.29, 0.717) is 17.0 Å². The fourth-order valence-corrected chi connectivity index (χ4v) is 3.23. The van der Waals surface area contributed by atoms with Crippen LogP contribution in [-0.4, -0.2) is 6.61 Å². The SMILES string of the molecule is ClC(c1ccc(Br)o1)c1cc(Br)cc2c1OCC2. The molecule has 1 aliphatic rings. The van der Waals surface area contributed by atoms with Crippen molar-refractivity contribution in [3.8, 4) is 5.75 Å². The Bertz CT molecular complexity index is 595. The summed E-state index contributed by atoms with van der Waals surface area (Å²) in [5.41, 5.74) is 2.14. The molecule has 0 N–H and O–H groups in total. The zero-order valence-electron chi connectivity index (χ0n) is 9.25. The van der Waals surface area contributed by atoms with Gasteiger partial charge in [-0.1, -0.05) is 15.9 Å². The first-order valence-corrected chi connectivity index (χ1v) is 7.52. The number of halogens is 3. The number of furan rings is 1. The molecule has 5 heteroatoms. The molecule has 0 saturated heterocycles. The van der Waals surface area contributed by atoms with Gasteiger partial charge < -0.3 is 9.15 Å². The zero-order chi connectivity index (χ0) is 12.7. The van der Waals surface area contributed by atoms with Crippen LogP contribution in [0.15, 0.2) is 37.8 Å². The van der Waals surface area contributed by atoms with Gasteiger partial charge in [0.25, 0.3) is 0 Å². The van der Waals surface area contributed by atoms with Gasteiger partial charge in [-0.15, -0.1) is 11.6 Å². The highest BCUT2D eigenvalue weighted by Crippen LogP contribution is 2.42. The van der Waals surface area contributed by atoms with Crippen molar-refractivity contribution in [1.82, 2.24) is 0 Å². The van der Waals surface area contributed by atoms with E-state index in [1.165, 1.54) is 5.56 Å². The van der Waals surface area contributed by atoms with E-state index < -0.39 is 0 Å². The fourth-order valence-electron chi connectivity index (χ4n) is 2.10. The molecule has 2 aromatic rings. The van der Waals surface area contributed by atoms with Crippen molar-refractivity contribution in [3.63, 3.8) is 0 Å². The van der Waals surface area contributed by atoms with E-state index >= 15 is 0 Å². The van der Waals surface area contributed by atoms with Crippen LogP contribution >= 0.6 is 43.5 Å². The summed E-state index contributed by atoms with van der Waals surface area (Å²) in [6, 6.07) is 7.76. The number of fused-ring (bicyclic) bond motifs is 1. The van der Waals surface area contributed by atoms with E-state index in [1.54, 1.807) is 0 Å². The van der Waals surface area contributed by atoms with Crippen molar-refractivity contribution >= 4 is 43.5 Å². The summed E-state index contributed by atoms with van der Waals surface area (Å²) in [6.07, 6.45) is 0.924. The molecule has 94 valence electrons. The van der Waals surface area contributed by atoms with Gasteiger partial charge in [0.05, 0.1) is 6.61 Å². The van der Waals surface area contributed by atoms with Crippen LogP contribution in [0.25, 0.3) is 0 Å². The van der Waals surface area contributed by atoms with Crippen LogP contribution in [0.4, 0.5) is 0 Å². The number of rotatable bonds is 2. The molecular weight excluding hydrogens is 383 g/mol. The van der Waals surface area contributed by atoms with Crippen molar-refractivity contribution in [2.45, 2.75) is 11.8 Å². The third-order valence-electron chi connectivity index (χ3n) is 2.89. The van der Waals surface area contributed by atoms with E-state index in [4.69, 9.17) is 20.8 Å². The van der Waals surface area contributed by atoms with Gasteiger partial charge in [0, 0.05) is 16.5 Å². The van der Waals surface area contributed by atoms with Crippen LogP contribution in [-0.2, 0) is 6.42 Å². The molecule has 0 aliphatic carbocycles. The van der Waals surface area contributed by atoms with Crippen LogP contribution < -0.4 is 4.74 Å². The van der Waals surface area contributed by atoms with E-state index in [-0.39, 0.29) is 5.38 Å². The Labute approximate surface area is 127 Å². The Balaban J connectivity index is 2.06. The summed E-state index contributed by atoms with van der Waals surface area (Å²) in [5, 5.41) is -0.347. The fraction of sp³-hybridized carbons (Fsp3) is 0.231. The Hall–Kier alpha value is -0.450. The van der Waals surface area contributed by atoms with Gasteiger partial charge >= 0.3 is 0 Å². The monoisotopic (exact) mass is 390 g/mol. The minimum atomic E-state index is -0.347. The van der Waals surface area contributed by atoms with Crippen LogP contribution in [0, 0.1) is 0 Å². The maximum absolute atomic E-state index is 6.49. The molecule has 0 bridgehead atoms. The van der Waals surface area contributed by atoms with E-state index in [9.17, 15) is 0 Å². The van der Waals surface area contributed by atoms with Crippen LogP contribution in [0.5, 0.6) is 5.75 Å². The Morgan fingerprint density at radius 3 is 2.78 bits per heavy atom. The summed E-state index contributed by atoms with van der Waals surface area (Å²) < 4.78 is 12.9. The quantitative estimate of drug-likeness (QED) is 0.666. The third-order valence-corrected chi connectivity index (χ3v) is 4.23. The highest BCUT2D eigenvalue weighted by Gasteiger charge is 2.24. The van der Waals surface area contributed by atoms with Crippen molar-refractivity contribution in [2.75, 3.05) is 6.61 Å². The van der Waals surface area contributed by atoms with E-state index in [0.717, 1.165) is 22.2 Å². The molecule has 0 fully saturated rings. The van der Waals surface area contributed by atoms with Gasteiger partial charge in [0.15, 0.2) is 4.67 Å². The highest BCUT2D eigenvalue weighted by molar-refractivity contribution is 9.10. The first kappa shape index (κ1) is 12.6. The maximum Gasteiger partial charge on any atom is 0.169 e. The number of hydrogen-bond donors (Lipinski definition) is 0. The van der Waals surface area contributed by atoms with Gasteiger partial charge in [-0.25, -0.2) is 0 Å². The first-order valence-electron chi connectivity index (χ1n) is 5.49. The van der Waals surface area contributed by atoms with Gasteiger partial charge in [-0.05, 0) is 45.8 Å². The predicted octanol–water partition coefficient (Wildman–Crippen LogP) is 5.07. The topological polar surface area (TPSA) is 22.4 Å². The second kappa shape index (κ2) is 4.91. The van der Waals surface area contributed by atoms with Gasteiger partial charge in [0.1, 0.15) is 16.9 Å². The van der Waals surface area contributed by atoms with Crippen LogP contribution in [0.1, 0.15) is 22.3 Å². The molecule has 2 heterocycles. The molecule has 0 radical (unpaired) electrons. The minimum Gasteiger partial charge on any atom is -0.493 e. The molecule has 0 amide bonds. The van der Waals surface area contributed by atoms with Gasteiger partial charge in [-0.3, -0.25) is 0 Å². The Kier molecular flexibility index (Phi) is 3.43. The first-order chi connectivity index (χ1) is 8.65. The lowest BCUT2D eigenvalue weighted by atomic mass is 10.0. The molecular formula is C13H9Br2ClO2. The van der Waals surface area contributed by atoms with E-state index in [2.05, 4.69) is 37.9 Å². The summed E-state index contributed by atoms with van der Waals surface area (Å²) in [5.74, 6) is 1.60. The predicted molar refractivity (Wildman–Crippen MR) is 77.4 cm³/mol. The average Bonchev–Trinajstić information content (AvgIpc) is 2.95. The molecule has 1 aromatic carbocycles. The van der Waals surface area contributed by atoms with Crippen LogP contribution in [0.2, 0.25) is 0 Å². The van der Waals surface area contributed by atoms with E-state index in [1.807, 2.05) is 18.2 Å². The molecule has 0 spiro atoms.